The fourth-order valence-corrected chi connectivity index (χ4v) is 2.67. The van der Waals surface area contributed by atoms with Gasteiger partial charge in [0.25, 0.3) is 0 Å². The lowest BCUT2D eigenvalue weighted by Gasteiger charge is -2.18. The molecule has 0 unspecified atom stereocenters. The minimum Gasteiger partial charge on any atom is -0.361 e. The number of H-pyrrole nitrogens is 1. The molecule has 0 saturated carbocycles. The summed E-state index contributed by atoms with van der Waals surface area (Å²) in [6, 6.07) is 12.9. The Hall–Kier alpha value is -2.02. The third kappa shape index (κ3) is 4.99. The summed E-state index contributed by atoms with van der Waals surface area (Å²) < 4.78 is 0. The highest BCUT2D eigenvalue weighted by Crippen LogP contribution is 2.34. The van der Waals surface area contributed by atoms with Crippen LogP contribution in [0.4, 0.5) is 0 Å². The Bertz CT molecular complexity index is 642. The third-order valence-electron chi connectivity index (χ3n) is 3.81. The normalized spacial score (nSPS) is 13.4. The molecular weight excluding hydrogens is 278 g/mol. The van der Waals surface area contributed by atoms with Gasteiger partial charge < -0.3 is 4.98 Å². The van der Waals surface area contributed by atoms with E-state index in [1.54, 1.807) is 0 Å². The van der Waals surface area contributed by atoms with Crippen LogP contribution in [0.3, 0.4) is 0 Å². The first-order chi connectivity index (χ1) is 11.2. The van der Waals surface area contributed by atoms with Crippen LogP contribution in [0, 0.1) is 6.92 Å². The van der Waals surface area contributed by atoms with E-state index in [1.165, 1.54) is 33.5 Å². The van der Waals surface area contributed by atoms with Crippen molar-refractivity contribution in [2.45, 2.75) is 54.4 Å². The number of rotatable bonds is 2. The van der Waals surface area contributed by atoms with Crippen LogP contribution < -0.4 is 0 Å². The quantitative estimate of drug-likeness (QED) is 0.613. The second-order valence-corrected chi connectivity index (χ2v) is 5.32. The van der Waals surface area contributed by atoms with Crippen LogP contribution in [0.25, 0.3) is 11.1 Å². The molecule has 1 aliphatic carbocycles. The van der Waals surface area contributed by atoms with Gasteiger partial charge in [0.05, 0.1) is 0 Å². The maximum absolute atomic E-state index is 3.38. The van der Waals surface area contributed by atoms with Crippen molar-refractivity contribution < 1.29 is 0 Å². The molecule has 1 aliphatic rings. The van der Waals surface area contributed by atoms with Crippen molar-refractivity contribution in [3.05, 3.63) is 71.1 Å². The van der Waals surface area contributed by atoms with Crippen molar-refractivity contribution in [1.29, 1.82) is 0 Å². The number of hydrogen-bond acceptors (Lipinski definition) is 0. The van der Waals surface area contributed by atoms with Crippen molar-refractivity contribution in [3.63, 3.8) is 0 Å². The summed E-state index contributed by atoms with van der Waals surface area (Å²) in [7, 11) is 0. The molecule has 0 bridgehead atoms. The van der Waals surface area contributed by atoms with Crippen LogP contribution in [-0.2, 0) is 0 Å². The van der Waals surface area contributed by atoms with Crippen LogP contribution in [0.2, 0.25) is 0 Å². The zero-order valence-corrected chi connectivity index (χ0v) is 15.5. The Morgan fingerprint density at radius 1 is 0.870 bits per heavy atom. The minimum atomic E-state index is 1.14. The fraction of sp³-hybridized carbons (Fsp3) is 0.364. The lowest BCUT2D eigenvalue weighted by atomic mass is 9.88. The lowest BCUT2D eigenvalue weighted by Crippen LogP contribution is -1.97. The van der Waals surface area contributed by atoms with Crippen LogP contribution in [0.1, 0.15) is 64.3 Å². The predicted octanol–water partition coefficient (Wildman–Crippen LogP) is 7.03. The molecule has 1 heteroatoms. The Labute approximate surface area is 142 Å². The Kier molecular flexibility index (Phi) is 8.18. The van der Waals surface area contributed by atoms with Gasteiger partial charge in [-0.25, -0.2) is 0 Å². The van der Waals surface area contributed by atoms with Gasteiger partial charge >= 0.3 is 0 Å². The van der Waals surface area contributed by atoms with E-state index in [-0.39, 0.29) is 0 Å². The zero-order chi connectivity index (χ0) is 17.2. The summed E-state index contributed by atoms with van der Waals surface area (Å²) in [5.74, 6) is 0. The number of allylic oxidation sites excluding steroid dienone is 4. The number of aromatic amines is 1. The summed E-state index contributed by atoms with van der Waals surface area (Å²) in [5.41, 5.74) is 8.14. The van der Waals surface area contributed by atoms with Crippen LogP contribution in [-0.4, -0.2) is 4.98 Å². The number of nitrogens with one attached hydrogen (secondary N) is 1. The van der Waals surface area contributed by atoms with E-state index in [9.17, 15) is 0 Å². The summed E-state index contributed by atoms with van der Waals surface area (Å²) >= 11 is 0. The maximum atomic E-state index is 3.38. The average molecular weight is 309 g/mol. The van der Waals surface area contributed by atoms with E-state index in [4.69, 9.17) is 0 Å². The topological polar surface area (TPSA) is 15.8 Å². The molecule has 0 saturated heterocycles. The molecule has 3 rings (SSSR count). The summed E-state index contributed by atoms with van der Waals surface area (Å²) in [5, 5.41) is 0. The summed E-state index contributed by atoms with van der Waals surface area (Å²) in [4.78, 5) is 3.38. The summed E-state index contributed by atoms with van der Waals surface area (Å²) in [6.07, 6.45) is 6.70. The molecule has 1 aromatic heterocycles. The molecule has 0 aliphatic heterocycles. The number of hydrogen-bond donors (Lipinski definition) is 1. The van der Waals surface area contributed by atoms with E-state index < -0.39 is 0 Å². The van der Waals surface area contributed by atoms with Crippen LogP contribution in [0.5, 0.6) is 0 Å². The van der Waals surface area contributed by atoms with E-state index in [2.05, 4.69) is 67.5 Å². The highest BCUT2D eigenvalue weighted by Gasteiger charge is 2.14. The van der Waals surface area contributed by atoms with Gasteiger partial charge in [-0.05, 0) is 61.1 Å². The fourth-order valence-electron chi connectivity index (χ4n) is 2.67. The average Bonchev–Trinajstić information content (AvgIpc) is 3.06. The van der Waals surface area contributed by atoms with Gasteiger partial charge in [0.1, 0.15) is 0 Å². The van der Waals surface area contributed by atoms with Crippen molar-refractivity contribution in [1.82, 2.24) is 4.98 Å². The molecule has 2 aromatic rings. The van der Waals surface area contributed by atoms with E-state index in [0.717, 1.165) is 12.8 Å². The third-order valence-corrected chi connectivity index (χ3v) is 3.81. The van der Waals surface area contributed by atoms with Gasteiger partial charge in [-0.1, -0.05) is 63.6 Å². The summed E-state index contributed by atoms with van der Waals surface area (Å²) in [6.45, 7) is 12.4. The van der Waals surface area contributed by atoms with Gasteiger partial charge in [0.15, 0.2) is 0 Å². The largest absolute Gasteiger partial charge is 0.361 e. The Balaban J connectivity index is 0.000000615. The zero-order valence-electron chi connectivity index (χ0n) is 15.5. The second kappa shape index (κ2) is 9.89. The molecule has 1 N–H and O–H groups in total. The molecule has 124 valence electrons. The molecule has 1 nitrogen and oxygen atoms in total. The number of aromatic nitrogens is 1. The Morgan fingerprint density at radius 3 is 2.09 bits per heavy atom. The van der Waals surface area contributed by atoms with Crippen LogP contribution in [0.15, 0.2) is 54.2 Å². The first kappa shape index (κ1) is 19.0. The maximum Gasteiger partial charge on any atom is 0.0456 e. The van der Waals surface area contributed by atoms with E-state index in [1.807, 2.05) is 27.7 Å². The predicted molar refractivity (Wildman–Crippen MR) is 104 cm³/mol. The molecule has 1 aromatic carbocycles. The molecule has 0 amide bonds. The molecule has 23 heavy (non-hydrogen) atoms. The smallest absolute Gasteiger partial charge is 0.0456 e. The standard InChI is InChI=1S/C18H19N.2C2H6/c1-13-10-18(19-12-13)17-11-16(9-8-14(17)2)15-6-4-3-5-7-15;2*1-2/h3-7,10-12,19H,8-9H2,1-2H3;2*1-2H3. The first-order valence-electron chi connectivity index (χ1n) is 8.85. The second-order valence-electron chi connectivity index (χ2n) is 5.32. The highest BCUT2D eigenvalue weighted by atomic mass is 14.7. The van der Waals surface area contributed by atoms with Gasteiger partial charge in [-0.3, -0.25) is 0 Å². The van der Waals surface area contributed by atoms with Gasteiger partial charge in [0, 0.05) is 11.9 Å². The number of aryl methyl sites for hydroxylation is 1. The Morgan fingerprint density at radius 2 is 1.52 bits per heavy atom. The number of benzene rings is 1. The van der Waals surface area contributed by atoms with Gasteiger partial charge in [-0.2, -0.15) is 0 Å². The van der Waals surface area contributed by atoms with Gasteiger partial charge in [-0.15, -0.1) is 0 Å². The minimum absolute atomic E-state index is 1.14. The van der Waals surface area contributed by atoms with Crippen molar-refractivity contribution in [2.24, 2.45) is 0 Å². The highest BCUT2D eigenvalue weighted by molar-refractivity contribution is 5.86. The van der Waals surface area contributed by atoms with Crippen LogP contribution >= 0.6 is 0 Å². The molecule has 0 spiro atoms. The van der Waals surface area contributed by atoms with Gasteiger partial charge in [0.2, 0.25) is 0 Å². The monoisotopic (exact) mass is 309 g/mol. The van der Waals surface area contributed by atoms with Crippen molar-refractivity contribution in [3.8, 4) is 0 Å². The SMILES string of the molecule is CC.CC.CC1=C(c2cc(C)c[nH]2)C=C(c2ccccc2)CC1. The van der Waals surface area contributed by atoms with Crippen molar-refractivity contribution in [2.75, 3.05) is 0 Å². The molecule has 0 radical (unpaired) electrons. The van der Waals surface area contributed by atoms with Crippen molar-refractivity contribution >= 4 is 11.1 Å². The van der Waals surface area contributed by atoms with E-state index >= 15 is 0 Å². The van der Waals surface area contributed by atoms with E-state index in [0.29, 0.717) is 0 Å². The molecular formula is C22H31N. The molecule has 1 heterocycles. The lowest BCUT2D eigenvalue weighted by molar-refractivity contribution is 0.980. The molecule has 0 atom stereocenters. The first-order valence-corrected chi connectivity index (χ1v) is 8.85. The molecule has 0 fully saturated rings.